The fourth-order valence-electron chi connectivity index (χ4n) is 2.16. The summed E-state index contributed by atoms with van der Waals surface area (Å²) >= 11 is 6.21. The maximum Gasteiger partial charge on any atom is 0.389 e. The highest BCUT2D eigenvalue weighted by Crippen LogP contribution is 2.59. The van der Waals surface area contributed by atoms with Gasteiger partial charge in [-0.05, 0) is 38.5 Å². The number of benzene rings is 1. The summed E-state index contributed by atoms with van der Waals surface area (Å²) in [6, 6.07) is 4.39. The fraction of sp³-hybridized carbons (Fsp3) is 0.438. The lowest BCUT2D eigenvalue weighted by Gasteiger charge is -2.34. The Bertz CT molecular complexity index is 662. The Morgan fingerprint density at radius 3 is 2.24 bits per heavy atom. The van der Waals surface area contributed by atoms with Crippen LogP contribution in [0.1, 0.15) is 31.9 Å². The van der Waals surface area contributed by atoms with Gasteiger partial charge in [-0.2, -0.15) is 0 Å². The van der Waals surface area contributed by atoms with Crippen molar-refractivity contribution in [2.75, 3.05) is 19.8 Å². The Morgan fingerprint density at radius 1 is 1.20 bits per heavy atom. The molecule has 0 aliphatic carbocycles. The van der Waals surface area contributed by atoms with Gasteiger partial charge in [-0.3, -0.25) is 4.57 Å². The van der Waals surface area contributed by atoms with Crippen molar-refractivity contribution in [3.63, 3.8) is 0 Å². The van der Waals surface area contributed by atoms with E-state index in [1.54, 1.807) is 26.8 Å². The van der Waals surface area contributed by atoms with E-state index in [2.05, 4.69) is 0 Å². The molecule has 25 heavy (non-hydrogen) atoms. The van der Waals surface area contributed by atoms with Crippen LogP contribution in [0.2, 0.25) is 5.02 Å². The van der Waals surface area contributed by atoms with Crippen LogP contribution in [0.5, 0.6) is 0 Å². The van der Waals surface area contributed by atoms with E-state index in [1.165, 1.54) is 24.3 Å². The van der Waals surface area contributed by atoms with Gasteiger partial charge in [0.25, 0.3) is 0 Å². The summed E-state index contributed by atoms with van der Waals surface area (Å²) in [7, 11) is -4.86. The minimum Gasteiger partial charge on any atom is -0.463 e. The third-order valence-corrected chi connectivity index (χ3v) is 4.67. The highest BCUT2D eigenvalue weighted by atomic mass is 35.5. The predicted octanol–water partition coefficient (Wildman–Crippen LogP) is 3.28. The maximum atomic E-state index is 12.1. The second-order valence-electron chi connectivity index (χ2n) is 4.82. The van der Waals surface area contributed by atoms with Gasteiger partial charge in [0.15, 0.2) is 0 Å². The van der Waals surface area contributed by atoms with Gasteiger partial charge in [0.2, 0.25) is 0 Å². The molecule has 2 N–H and O–H groups in total. The number of hydrogen-bond donors (Lipinski definition) is 2. The fourth-order valence-corrected chi connectivity index (χ4v) is 3.64. The van der Waals surface area contributed by atoms with Crippen LogP contribution in [0.4, 0.5) is 0 Å². The van der Waals surface area contributed by atoms with Crippen molar-refractivity contribution in [1.82, 2.24) is 0 Å². The Morgan fingerprint density at radius 2 is 1.80 bits per heavy atom. The lowest BCUT2D eigenvalue weighted by atomic mass is 10.1. The summed E-state index contributed by atoms with van der Waals surface area (Å²) in [6.45, 7) is 5.15. The summed E-state index contributed by atoms with van der Waals surface area (Å²) in [5, 5.41) is 0.0382. The molecular weight excluding hydrogens is 371 g/mol. The molecule has 7 nitrogen and oxygen atoms in total. The molecule has 0 spiro atoms. The average Bonchev–Trinajstić information content (AvgIpc) is 2.52. The summed E-state index contributed by atoms with van der Waals surface area (Å²) in [4.78, 5) is 30.9. The maximum absolute atomic E-state index is 12.1. The van der Waals surface area contributed by atoms with Crippen molar-refractivity contribution in [2.45, 2.75) is 26.3 Å². The van der Waals surface area contributed by atoms with Crippen LogP contribution in [-0.2, 0) is 29.1 Å². The van der Waals surface area contributed by atoms with Crippen LogP contribution in [0, 0.1) is 0 Å². The summed E-state index contributed by atoms with van der Waals surface area (Å²) in [5.74, 6) is -0.504. The second-order valence-corrected chi connectivity index (χ2v) is 6.90. The molecule has 0 bridgehead atoms. The minimum atomic E-state index is -4.86. The average molecular weight is 393 g/mol. The predicted molar refractivity (Wildman–Crippen MR) is 94.1 cm³/mol. The van der Waals surface area contributed by atoms with Crippen molar-refractivity contribution in [1.29, 1.82) is 0 Å². The molecule has 0 atom stereocenters. The molecule has 0 fully saturated rings. The molecule has 0 aromatic heterocycles. The van der Waals surface area contributed by atoms with Gasteiger partial charge < -0.3 is 24.0 Å². The molecule has 0 aliphatic heterocycles. The van der Waals surface area contributed by atoms with Gasteiger partial charge in [-0.15, -0.1) is 0 Å². The molecule has 1 rings (SSSR count). The Kier molecular flexibility index (Phi) is 8.28. The smallest absolute Gasteiger partial charge is 0.389 e. The Hall–Kier alpha value is -1.21. The number of halogens is 1. The Labute approximate surface area is 151 Å². The zero-order chi connectivity index (χ0) is 19.1. The summed E-state index contributed by atoms with van der Waals surface area (Å²) in [5.41, 5.74) is -1.72. The van der Waals surface area contributed by atoms with Crippen LogP contribution in [0.15, 0.2) is 24.3 Å². The highest BCUT2D eigenvalue weighted by molar-refractivity contribution is 7.52. The number of esters is 1. The first-order chi connectivity index (χ1) is 11.7. The minimum absolute atomic E-state index is 0.00590. The standard InChI is InChI=1S/C16H22ClO7P/c1-4-22-15(18)10-8-12-7-9-13(14(17)11-12)16(23-5-2,24-6-3)25(19,20)21/h7-11H,4-6H2,1-3H3,(H2,19,20,21)/b10-8+. The molecule has 1 aromatic carbocycles. The van der Waals surface area contributed by atoms with E-state index >= 15 is 0 Å². The van der Waals surface area contributed by atoms with Gasteiger partial charge in [-0.25, -0.2) is 4.79 Å². The van der Waals surface area contributed by atoms with Gasteiger partial charge in [0, 0.05) is 24.9 Å². The largest absolute Gasteiger partial charge is 0.463 e. The van der Waals surface area contributed by atoms with E-state index in [-0.39, 0.29) is 30.4 Å². The molecule has 1 aromatic rings. The normalized spacial score (nSPS) is 12.6. The van der Waals surface area contributed by atoms with Crippen molar-refractivity contribution < 1.29 is 33.4 Å². The summed E-state index contributed by atoms with van der Waals surface area (Å²) < 4.78 is 27.5. The molecule has 0 aliphatic rings. The van der Waals surface area contributed by atoms with E-state index in [1.807, 2.05) is 0 Å². The lowest BCUT2D eigenvalue weighted by Crippen LogP contribution is -2.33. The molecule has 9 heteroatoms. The van der Waals surface area contributed by atoms with E-state index in [0.717, 1.165) is 0 Å². The van der Waals surface area contributed by atoms with Crippen molar-refractivity contribution >= 4 is 31.2 Å². The number of carbonyl (C=O) groups is 1. The highest BCUT2D eigenvalue weighted by Gasteiger charge is 2.52. The first kappa shape index (κ1) is 21.8. The molecule has 0 unspecified atom stereocenters. The zero-order valence-electron chi connectivity index (χ0n) is 14.3. The number of rotatable bonds is 9. The first-order valence-corrected chi connectivity index (χ1v) is 9.69. The third kappa shape index (κ3) is 5.38. The SMILES string of the molecule is CCOC(=O)/C=C/c1ccc(C(OCC)(OCC)P(=O)(O)O)c(Cl)c1. The monoisotopic (exact) mass is 392 g/mol. The van der Waals surface area contributed by atoms with Crippen molar-refractivity contribution in [3.8, 4) is 0 Å². The molecule has 0 radical (unpaired) electrons. The van der Waals surface area contributed by atoms with Crippen molar-refractivity contribution in [2.24, 2.45) is 0 Å². The van der Waals surface area contributed by atoms with Crippen LogP contribution in [-0.4, -0.2) is 35.6 Å². The van der Waals surface area contributed by atoms with Gasteiger partial charge in [0.05, 0.1) is 11.6 Å². The molecule has 140 valence electrons. The first-order valence-electron chi connectivity index (χ1n) is 7.70. The van der Waals surface area contributed by atoms with Gasteiger partial charge >= 0.3 is 19.1 Å². The van der Waals surface area contributed by atoms with E-state index in [4.69, 9.17) is 25.8 Å². The topological polar surface area (TPSA) is 102 Å². The quantitative estimate of drug-likeness (QED) is 0.288. The molecular formula is C16H22ClO7P. The number of hydrogen-bond acceptors (Lipinski definition) is 5. The van der Waals surface area contributed by atoms with Gasteiger partial charge in [-0.1, -0.05) is 23.7 Å². The second kappa shape index (κ2) is 9.48. The van der Waals surface area contributed by atoms with Crippen LogP contribution < -0.4 is 0 Å². The molecule has 0 heterocycles. The van der Waals surface area contributed by atoms with Gasteiger partial charge in [0.1, 0.15) is 0 Å². The van der Waals surface area contributed by atoms with E-state index < -0.39 is 19.1 Å². The number of ether oxygens (including phenoxy) is 3. The molecule has 0 saturated carbocycles. The lowest BCUT2D eigenvalue weighted by molar-refractivity contribution is -0.192. The Balaban J connectivity index is 3.30. The van der Waals surface area contributed by atoms with Crippen LogP contribution >= 0.6 is 19.2 Å². The van der Waals surface area contributed by atoms with Crippen LogP contribution in [0.3, 0.4) is 0 Å². The molecule has 0 saturated heterocycles. The zero-order valence-corrected chi connectivity index (χ0v) is 15.9. The van der Waals surface area contributed by atoms with E-state index in [9.17, 15) is 19.1 Å². The van der Waals surface area contributed by atoms with Crippen molar-refractivity contribution in [3.05, 3.63) is 40.4 Å². The number of carbonyl (C=O) groups excluding carboxylic acids is 1. The third-order valence-electron chi connectivity index (χ3n) is 3.10. The summed E-state index contributed by atoms with van der Waals surface area (Å²) in [6.07, 6.45) is 2.71. The molecule has 0 amide bonds. The van der Waals surface area contributed by atoms with E-state index in [0.29, 0.717) is 5.56 Å². The van der Waals surface area contributed by atoms with Crippen LogP contribution in [0.25, 0.3) is 6.08 Å².